The van der Waals surface area contributed by atoms with E-state index in [1.54, 1.807) is 13.0 Å². The largest absolute Gasteiger partial charge is 0.455 e. The Morgan fingerprint density at radius 3 is 2.59 bits per heavy atom. The van der Waals surface area contributed by atoms with E-state index in [0.29, 0.717) is 12.0 Å². The highest BCUT2D eigenvalue weighted by Gasteiger charge is 2.91. The number of ketones is 2. The Morgan fingerprint density at radius 1 is 1.14 bits per heavy atom. The van der Waals surface area contributed by atoms with Crippen LogP contribution in [0.2, 0.25) is 0 Å². The van der Waals surface area contributed by atoms with E-state index in [0.717, 1.165) is 0 Å². The molecule has 0 radical (unpaired) electrons. The highest BCUT2D eigenvalue weighted by Crippen LogP contribution is 2.72. The molecule has 0 aromatic rings. The average molecular weight is 513 g/mol. The molecule has 3 aliphatic carbocycles. The van der Waals surface area contributed by atoms with E-state index in [4.69, 9.17) is 14.2 Å². The molecule has 4 aliphatic heterocycles. The van der Waals surface area contributed by atoms with Crippen molar-refractivity contribution in [1.82, 2.24) is 0 Å². The highest BCUT2D eigenvalue weighted by molar-refractivity contribution is 6.01. The van der Waals surface area contributed by atoms with Gasteiger partial charge in [-0.3, -0.25) is 9.59 Å². The van der Waals surface area contributed by atoms with Crippen LogP contribution in [0.5, 0.6) is 0 Å². The fraction of sp³-hybridized carbons (Fsp3) is 0.630. The van der Waals surface area contributed by atoms with E-state index >= 15 is 0 Å². The molecule has 11 atom stereocenters. The van der Waals surface area contributed by atoms with Gasteiger partial charge in [-0.25, -0.2) is 9.59 Å². The van der Waals surface area contributed by atoms with Gasteiger partial charge >= 0.3 is 11.9 Å². The van der Waals surface area contributed by atoms with Gasteiger partial charge < -0.3 is 29.5 Å². The minimum absolute atomic E-state index is 0.0283. The Labute approximate surface area is 211 Å². The summed E-state index contributed by atoms with van der Waals surface area (Å²) in [6.07, 6.45) is 2.45. The first kappa shape index (κ1) is 23.5. The summed E-state index contributed by atoms with van der Waals surface area (Å²) in [5.41, 5.74) is -7.06. The third kappa shape index (κ3) is 2.22. The van der Waals surface area contributed by atoms with Crippen LogP contribution in [0.15, 0.2) is 36.0 Å². The maximum absolute atomic E-state index is 14.5. The summed E-state index contributed by atoms with van der Waals surface area (Å²) in [6, 6.07) is 0. The molecule has 3 N–H and O–H groups in total. The summed E-state index contributed by atoms with van der Waals surface area (Å²) in [6.45, 7) is 6.94. The lowest BCUT2D eigenvalue weighted by Crippen LogP contribution is -2.77. The van der Waals surface area contributed by atoms with Gasteiger partial charge in [0, 0.05) is 16.9 Å². The van der Waals surface area contributed by atoms with Crippen LogP contribution in [0.4, 0.5) is 0 Å². The van der Waals surface area contributed by atoms with Crippen LogP contribution in [-0.2, 0) is 33.4 Å². The van der Waals surface area contributed by atoms with Gasteiger partial charge in [-0.1, -0.05) is 31.2 Å². The number of aliphatic hydroxyl groups excluding tert-OH is 1. The first-order valence-electron chi connectivity index (χ1n) is 12.7. The van der Waals surface area contributed by atoms with Gasteiger partial charge in [0.25, 0.3) is 0 Å². The zero-order valence-electron chi connectivity index (χ0n) is 20.4. The van der Waals surface area contributed by atoms with Crippen molar-refractivity contribution in [2.45, 2.75) is 74.3 Å². The van der Waals surface area contributed by atoms with Crippen LogP contribution in [0.1, 0.15) is 39.5 Å². The third-order valence-electron chi connectivity index (χ3n) is 10.7. The first-order chi connectivity index (χ1) is 17.3. The topological polar surface area (TPSA) is 157 Å². The lowest BCUT2D eigenvalue weighted by molar-refractivity contribution is -0.343. The SMILES string of the molecule is C=C1C(=O)O[C@@H]2C[C@@]1(C)C1C(=O)[C@]3(O)O[C@@]14[C@@](O)(CCC1C5C(=O)C=CCC5=CC(O)C13)C(=O)O[C@@]24C. The Hall–Kier alpha value is -2.66. The Bertz CT molecular complexity index is 1300. The monoisotopic (exact) mass is 512 g/mol. The summed E-state index contributed by atoms with van der Waals surface area (Å²) >= 11 is 0. The van der Waals surface area contributed by atoms with E-state index in [9.17, 15) is 34.5 Å². The number of carbonyl (C=O) groups is 4. The van der Waals surface area contributed by atoms with Crippen LogP contribution in [0.25, 0.3) is 0 Å². The van der Waals surface area contributed by atoms with Crippen LogP contribution >= 0.6 is 0 Å². The van der Waals surface area contributed by atoms with Crippen molar-refractivity contribution >= 4 is 23.5 Å². The predicted octanol–water partition coefficient (Wildman–Crippen LogP) is 0.0398. The number of aliphatic hydroxyl groups is 3. The van der Waals surface area contributed by atoms with Crippen molar-refractivity contribution in [1.29, 1.82) is 0 Å². The van der Waals surface area contributed by atoms with Crippen molar-refractivity contribution in [3.05, 3.63) is 36.0 Å². The predicted molar refractivity (Wildman–Crippen MR) is 121 cm³/mol. The van der Waals surface area contributed by atoms with E-state index in [-0.39, 0.29) is 30.6 Å². The average Bonchev–Trinajstić information content (AvgIpc) is 3.17. The number of ether oxygens (including phenoxy) is 3. The number of carbonyl (C=O) groups excluding carboxylic acids is 4. The molecule has 4 heterocycles. The molecule has 4 saturated heterocycles. The minimum atomic E-state index is -2.69. The molecule has 0 aromatic heterocycles. The fourth-order valence-corrected chi connectivity index (χ4v) is 8.93. The van der Waals surface area contributed by atoms with Crippen molar-refractivity contribution in [2.75, 3.05) is 0 Å². The summed E-state index contributed by atoms with van der Waals surface area (Å²) in [7, 11) is 0. The van der Waals surface area contributed by atoms with E-state index in [1.165, 1.54) is 19.1 Å². The van der Waals surface area contributed by atoms with E-state index in [2.05, 4.69) is 6.58 Å². The lowest BCUT2D eigenvalue weighted by Gasteiger charge is -2.60. The fourth-order valence-electron chi connectivity index (χ4n) is 8.93. The maximum atomic E-state index is 14.5. The number of esters is 2. The van der Waals surface area contributed by atoms with Gasteiger partial charge in [0.15, 0.2) is 28.4 Å². The number of hydrogen-bond donors (Lipinski definition) is 3. The van der Waals surface area contributed by atoms with Crippen molar-refractivity contribution < 1.29 is 48.7 Å². The van der Waals surface area contributed by atoms with E-state index < -0.39 is 81.6 Å². The highest BCUT2D eigenvalue weighted by atomic mass is 16.7. The Morgan fingerprint density at radius 2 is 1.86 bits per heavy atom. The summed E-state index contributed by atoms with van der Waals surface area (Å²) in [5.74, 6) is -9.86. The third-order valence-corrected chi connectivity index (χ3v) is 10.7. The quantitative estimate of drug-likeness (QED) is 0.230. The number of rotatable bonds is 0. The lowest BCUT2D eigenvalue weighted by atomic mass is 9.47. The molecule has 1 saturated carbocycles. The second-order valence-electron chi connectivity index (χ2n) is 12.1. The normalized spacial score (nSPS) is 55.4. The smallest absolute Gasteiger partial charge is 0.342 e. The molecule has 0 aromatic carbocycles. The molecule has 10 heteroatoms. The number of fused-ring (bicyclic) bond motifs is 9. The first-order valence-corrected chi connectivity index (χ1v) is 12.7. The standard InChI is InChI=1S/C27H28O10/c1-11-21(31)35-16-10-23(11,2)19-20(30)26(34)18-13(17-12(9-15(18)29)5-4-6-14(17)28)7-8-25(33)22(32)36-24(16,3)27(19,25)37-26/h4,6,9,13,15-19,29,33-34H,1,5,7-8,10H2,2-3H3/t13?,15?,16-,17?,18?,19?,23-,24+,25-,26-,27+/m1/s1. The number of Topliss-reactive ketones (excluding diaryl/α,β-unsaturated/α-hetero) is 1. The number of hydrogen-bond acceptors (Lipinski definition) is 10. The summed E-state index contributed by atoms with van der Waals surface area (Å²) < 4.78 is 17.7. The summed E-state index contributed by atoms with van der Waals surface area (Å²) in [5, 5.41) is 35.7. The zero-order chi connectivity index (χ0) is 26.5. The van der Waals surface area contributed by atoms with Crippen LogP contribution in [0.3, 0.4) is 0 Å². The molecule has 5 unspecified atom stereocenters. The Kier molecular flexibility index (Phi) is 4.11. The molecule has 0 amide bonds. The molecule has 10 nitrogen and oxygen atoms in total. The maximum Gasteiger partial charge on any atom is 0.342 e. The molecular formula is C27H28O10. The van der Waals surface area contributed by atoms with Gasteiger partial charge in [0.1, 0.15) is 6.10 Å². The number of allylic oxidation sites excluding steroid dienone is 3. The summed E-state index contributed by atoms with van der Waals surface area (Å²) in [4.78, 5) is 53.9. The van der Waals surface area contributed by atoms with Crippen molar-refractivity contribution in [3.8, 4) is 0 Å². The van der Waals surface area contributed by atoms with Gasteiger partial charge in [0.2, 0.25) is 5.79 Å². The van der Waals surface area contributed by atoms with Crippen LogP contribution < -0.4 is 0 Å². The molecule has 7 aliphatic rings. The molecule has 1 spiro atoms. The molecule has 4 bridgehead atoms. The molecule has 196 valence electrons. The molecule has 5 fully saturated rings. The van der Waals surface area contributed by atoms with Gasteiger partial charge in [-0.2, -0.15) is 0 Å². The molecule has 37 heavy (non-hydrogen) atoms. The van der Waals surface area contributed by atoms with Gasteiger partial charge in [-0.05, 0) is 44.6 Å². The van der Waals surface area contributed by atoms with Crippen LogP contribution in [-0.4, -0.2) is 73.6 Å². The van der Waals surface area contributed by atoms with E-state index in [1.807, 2.05) is 0 Å². The van der Waals surface area contributed by atoms with Gasteiger partial charge in [-0.15, -0.1) is 0 Å². The van der Waals surface area contributed by atoms with Crippen molar-refractivity contribution in [2.24, 2.45) is 29.1 Å². The minimum Gasteiger partial charge on any atom is -0.455 e. The van der Waals surface area contributed by atoms with Gasteiger partial charge in [0.05, 0.1) is 17.9 Å². The van der Waals surface area contributed by atoms with Crippen LogP contribution in [0, 0.1) is 29.1 Å². The molecule has 7 rings (SSSR count). The van der Waals surface area contributed by atoms with Crippen molar-refractivity contribution in [3.63, 3.8) is 0 Å². The molecular weight excluding hydrogens is 484 g/mol. The second kappa shape index (κ2) is 6.48. The second-order valence-corrected chi connectivity index (χ2v) is 12.1. The zero-order valence-corrected chi connectivity index (χ0v) is 20.4. The Balaban J connectivity index is 1.51.